The van der Waals surface area contributed by atoms with E-state index in [2.05, 4.69) is 10.2 Å². The van der Waals surface area contributed by atoms with Gasteiger partial charge in [0.05, 0.1) is 36.9 Å². The van der Waals surface area contributed by atoms with Crippen molar-refractivity contribution in [2.24, 2.45) is 5.41 Å². The van der Waals surface area contributed by atoms with E-state index in [-0.39, 0.29) is 17.7 Å². The molecule has 3 rings (SSSR count). The Bertz CT molecular complexity index is 874. The molecule has 1 aliphatic heterocycles. The second kappa shape index (κ2) is 8.46. The van der Waals surface area contributed by atoms with Gasteiger partial charge in [-0.2, -0.15) is 0 Å². The Morgan fingerprint density at radius 3 is 2.43 bits per heavy atom. The lowest BCUT2D eigenvalue weighted by molar-refractivity contribution is 0.0364. The van der Waals surface area contributed by atoms with E-state index in [4.69, 9.17) is 4.74 Å². The van der Waals surface area contributed by atoms with E-state index in [1.807, 2.05) is 39.0 Å². The summed E-state index contributed by atoms with van der Waals surface area (Å²) in [6.07, 6.45) is 0. The molecular formula is C20H30N4O4. The monoisotopic (exact) mass is 390 g/mol. The van der Waals surface area contributed by atoms with Gasteiger partial charge in [0.15, 0.2) is 0 Å². The zero-order valence-electron chi connectivity index (χ0n) is 16.9. The molecule has 1 aromatic heterocycles. The van der Waals surface area contributed by atoms with Gasteiger partial charge in [-0.3, -0.25) is 9.47 Å². The number of nitrogens with zero attached hydrogens (tertiary/aromatic N) is 3. The highest BCUT2D eigenvalue weighted by molar-refractivity contribution is 5.89. The third kappa shape index (κ3) is 4.29. The van der Waals surface area contributed by atoms with Crippen LogP contribution < -0.4 is 11.0 Å². The number of nitrogens with one attached hydrogen (secondary N) is 1. The van der Waals surface area contributed by atoms with E-state index in [0.29, 0.717) is 25.3 Å². The number of fused-ring (bicyclic) bond motifs is 1. The minimum absolute atomic E-state index is 0.195. The second-order valence-corrected chi connectivity index (χ2v) is 8.26. The first kappa shape index (κ1) is 20.6. The Balaban J connectivity index is 1.89. The van der Waals surface area contributed by atoms with Crippen molar-refractivity contribution >= 4 is 17.1 Å². The molecule has 2 heterocycles. The summed E-state index contributed by atoms with van der Waals surface area (Å²) in [7, 11) is 0. The number of hydrogen-bond donors (Lipinski definition) is 2. The van der Waals surface area contributed by atoms with Crippen LogP contribution >= 0.6 is 0 Å². The molecule has 1 atom stereocenters. The number of imidazole rings is 1. The van der Waals surface area contributed by atoms with E-state index in [1.165, 1.54) is 4.57 Å². The molecule has 8 nitrogen and oxygen atoms in total. The average molecular weight is 390 g/mol. The summed E-state index contributed by atoms with van der Waals surface area (Å²) in [6.45, 7) is 9.92. The predicted octanol–water partition coefficient (Wildman–Crippen LogP) is 1.10. The van der Waals surface area contributed by atoms with Crippen LogP contribution in [0.15, 0.2) is 29.1 Å². The van der Waals surface area contributed by atoms with Gasteiger partial charge in [-0.1, -0.05) is 32.9 Å². The van der Waals surface area contributed by atoms with Crippen LogP contribution in [0, 0.1) is 5.41 Å². The van der Waals surface area contributed by atoms with E-state index in [1.54, 1.807) is 10.6 Å². The van der Waals surface area contributed by atoms with Gasteiger partial charge in [-0.25, -0.2) is 14.2 Å². The normalized spacial score (nSPS) is 17.0. The lowest BCUT2D eigenvalue weighted by Crippen LogP contribution is -2.49. The summed E-state index contributed by atoms with van der Waals surface area (Å²) in [5, 5.41) is 12.5. The SMILES string of the molecule is CC(C)(C)C(CO)NC(=O)n1c(=O)n(CCN2CCOCC2)c2ccccc21. The number of aliphatic hydroxyl groups excluding tert-OH is 1. The molecule has 1 fully saturated rings. The van der Waals surface area contributed by atoms with Crippen LogP contribution in [0.25, 0.3) is 11.0 Å². The number of aliphatic hydroxyl groups is 1. The summed E-state index contributed by atoms with van der Waals surface area (Å²) in [5.74, 6) is 0. The number of benzene rings is 1. The Kier molecular flexibility index (Phi) is 6.22. The van der Waals surface area contributed by atoms with Crippen LogP contribution in [0.2, 0.25) is 0 Å². The molecule has 154 valence electrons. The lowest BCUT2D eigenvalue weighted by atomic mass is 9.87. The number of ether oxygens (including phenoxy) is 1. The fourth-order valence-corrected chi connectivity index (χ4v) is 3.44. The van der Waals surface area contributed by atoms with Gasteiger partial charge in [0.2, 0.25) is 0 Å². The van der Waals surface area contributed by atoms with Crippen molar-refractivity contribution in [3.05, 3.63) is 34.7 Å². The van der Waals surface area contributed by atoms with Crippen LogP contribution in [0.5, 0.6) is 0 Å². The van der Waals surface area contributed by atoms with Gasteiger partial charge in [0, 0.05) is 26.2 Å². The molecule has 1 aromatic carbocycles. The minimum atomic E-state index is -0.514. The summed E-state index contributed by atoms with van der Waals surface area (Å²) in [5.41, 5.74) is 0.602. The van der Waals surface area contributed by atoms with Crippen LogP contribution in [-0.4, -0.2) is 70.7 Å². The first-order valence-electron chi connectivity index (χ1n) is 9.75. The lowest BCUT2D eigenvalue weighted by Gasteiger charge is -2.29. The van der Waals surface area contributed by atoms with Crippen molar-refractivity contribution in [3.63, 3.8) is 0 Å². The maximum Gasteiger partial charge on any atom is 0.337 e. The predicted molar refractivity (Wildman–Crippen MR) is 108 cm³/mol. The highest BCUT2D eigenvalue weighted by Crippen LogP contribution is 2.19. The minimum Gasteiger partial charge on any atom is -0.394 e. The van der Waals surface area contributed by atoms with Crippen molar-refractivity contribution < 1.29 is 14.6 Å². The Hall–Kier alpha value is -2.16. The van der Waals surface area contributed by atoms with Gasteiger partial charge in [-0.15, -0.1) is 0 Å². The van der Waals surface area contributed by atoms with E-state index < -0.39 is 12.1 Å². The molecule has 0 spiro atoms. The van der Waals surface area contributed by atoms with Gasteiger partial charge >= 0.3 is 11.7 Å². The summed E-state index contributed by atoms with van der Waals surface area (Å²) in [4.78, 5) is 28.3. The molecule has 0 aliphatic carbocycles. The van der Waals surface area contributed by atoms with Crippen molar-refractivity contribution in [2.45, 2.75) is 33.4 Å². The standard InChI is InChI=1S/C20H30N4O4/c1-20(2,3)17(14-25)21-18(26)24-16-7-5-4-6-15(16)23(19(24)27)9-8-22-10-12-28-13-11-22/h4-7,17,25H,8-14H2,1-3H3,(H,21,26). The summed E-state index contributed by atoms with van der Waals surface area (Å²) < 4.78 is 8.19. The number of carbonyl (C=O) groups excluding carboxylic acids is 1. The number of hydrogen-bond acceptors (Lipinski definition) is 5. The number of rotatable bonds is 5. The van der Waals surface area contributed by atoms with Crippen LogP contribution in [0.1, 0.15) is 20.8 Å². The quantitative estimate of drug-likeness (QED) is 0.798. The molecule has 28 heavy (non-hydrogen) atoms. The molecule has 1 amide bonds. The number of amides is 1. The topological polar surface area (TPSA) is 88.7 Å². The van der Waals surface area contributed by atoms with Crippen molar-refractivity contribution in [1.29, 1.82) is 0 Å². The van der Waals surface area contributed by atoms with Gasteiger partial charge in [0.1, 0.15) is 0 Å². The van der Waals surface area contributed by atoms with Crippen molar-refractivity contribution in [2.75, 3.05) is 39.5 Å². The zero-order valence-corrected chi connectivity index (χ0v) is 16.9. The number of para-hydroxylation sites is 2. The van der Waals surface area contributed by atoms with Crippen LogP contribution in [0.4, 0.5) is 4.79 Å². The highest BCUT2D eigenvalue weighted by atomic mass is 16.5. The van der Waals surface area contributed by atoms with E-state index in [0.717, 1.165) is 25.2 Å². The molecule has 1 unspecified atom stereocenters. The molecule has 1 saturated heterocycles. The van der Waals surface area contributed by atoms with Gasteiger partial charge in [-0.05, 0) is 17.5 Å². The largest absolute Gasteiger partial charge is 0.394 e. The Morgan fingerprint density at radius 2 is 1.82 bits per heavy atom. The first-order chi connectivity index (χ1) is 13.3. The smallest absolute Gasteiger partial charge is 0.337 e. The van der Waals surface area contributed by atoms with Gasteiger partial charge < -0.3 is 15.2 Å². The van der Waals surface area contributed by atoms with Crippen molar-refractivity contribution in [3.8, 4) is 0 Å². The van der Waals surface area contributed by atoms with Crippen LogP contribution in [0.3, 0.4) is 0 Å². The number of morpholine rings is 1. The number of aromatic nitrogens is 2. The Labute approximate surface area is 164 Å². The third-order valence-electron chi connectivity index (χ3n) is 5.31. The molecular weight excluding hydrogens is 360 g/mol. The zero-order chi connectivity index (χ0) is 20.3. The first-order valence-corrected chi connectivity index (χ1v) is 9.75. The average Bonchev–Trinajstić information content (AvgIpc) is 2.95. The Morgan fingerprint density at radius 1 is 1.18 bits per heavy atom. The summed E-state index contributed by atoms with van der Waals surface area (Å²) >= 11 is 0. The maximum atomic E-state index is 13.1. The van der Waals surface area contributed by atoms with Crippen LogP contribution in [-0.2, 0) is 11.3 Å². The fraction of sp³-hybridized carbons (Fsp3) is 0.600. The molecule has 1 aliphatic rings. The molecule has 0 bridgehead atoms. The molecule has 0 saturated carbocycles. The van der Waals surface area contributed by atoms with E-state index in [9.17, 15) is 14.7 Å². The van der Waals surface area contributed by atoms with Gasteiger partial charge in [0.25, 0.3) is 0 Å². The third-order valence-corrected chi connectivity index (χ3v) is 5.31. The van der Waals surface area contributed by atoms with E-state index >= 15 is 0 Å². The maximum absolute atomic E-state index is 13.1. The second-order valence-electron chi connectivity index (χ2n) is 8.26. The molecule has 2 N–H and O–H groups in total. The summed E-state index contributed by atoms with van der Waals surface area (Å²) in [6, 6.07) is 6.33. The molecule has 2 aromatic rings. The highest BCUT2D eigenvalue weighted by Gasteiger charge is 2.28. The van der Waals surface area contributed by atoms with Crippen molar-refractivity contribution in [1.82, 2.24) is 19.4 Å². The molecule has 8 heteroatoms. The fourth-order valence-electron chi connectivity index (χ4n) is 3.44. The number of carbonyl (C=O) groups is 1. The molecule has 0 radical (unpaired) electrons.